The van der Waals surface area contributed by atoms with Gasteiger partial charge in [0.2, 0.25) is 0 Å². The third-order valence-electron chi connectivity index (χ3n) is 1.85. The van der Waals surface area contributed by atoms with Crippen molar-refractivity contribution in [2.24, 2.45) is 5.92 Å². The monoisotopic (exact) mass is 205 g/mol. The predicted octanol–water partition coefficient (Wildman–Crippen LogP) is 1.78. The quantitative estimate of drug-likeness (QED) is 0.686. The molecule has 80 valence electrons. The van der Waals surface area contributed by atoms with Crippen molar-refractivity contribution >= 4 is 10.8 Å². The summed E-state index contributed by atoms with van der Waals surface area (Å²) in [6.07, 6.45) is 1.02. The molecule has 2 unspecified atom stereocenters. The van der Waals surface area contributed by atoms with Crippen LogP contribution in [-0.2, 0) is 10.8 Å². The third kappa shape index (κ3) is 8.44. The molecule has 13 heavy (non-hydrogen) atoms. The first-order valence-corrected chi connectivity index (χ1v) is 6.63. The van der Waals surface area contributed by atoms with Crippen LogP contribution in [0, 0.1) is 5.92 Å². The molecule has 1 N–H and O–H groups in total. The molecule has 0 aliphatic carbocycles. The molecule has 0 saturated heterocycles. The summed E-state index contributed by atoms with van der Waals surface area (Å²) in [6, 6.07) is 0.501. The van der Waals surface area contributed by atoms with E-state index in [1.807, 2.05) is 0 Å². The van der Waals surface area contributed by atoms with Gasteiger partial charge >= 0.3 is 0 Å². The summed E-state index contributed by atoms with van der Waals surface area (Å²) in [7, 11) is -0.614. The Morgan fingerprint density at radius 2 is 1.92 bits per heavy atom. The highest BCUT2D eigenvalue weighted by Crippen LogP contribution is 1.99. The second kappa shape index (κ2) is 7.51. The van der Waals surface area contributed by atoms with E-state index in [0.29, 0.717) is 12.0 Å². The minimum Gasteiger partial charge on any atom is -0.315 e. The van der Waals surface area contributed by atoms with Gasteiger partial charge in [0, 0.05) is 28.3 Å². The van der Waals surface area contributed by atoms with Crippen LogP contribution < -0.4 is 5.32 Å². The van der Waals surface area contributed by atoms with Crippen LogP contribution in [0.2, 0.25) is 0 Å². The van der Waals surface area contributed by atoms with Gasteiger partial charge in [-0.25, -0.2) is 0 Å². The van der Waals surface area contributed by atoms with Gasteiger partial charge in [0.15, 0.2) is 0 Å². The van der Waals surface area contributed by atoms with Crippen molar-refractivity contribution in [3.63, 3.8) is 0 Å². The zero-order chi connectivity index (χ0) is 10.3. The first-order chi connectivity index (χ1) is 6.06. The summed E-state index contributed by atoms with van der Waals surface area (Å²) in [5.41, 5.74) is 0. The van der Waals surface area contributed by atoms with Gasteiger partial charge in [-0.1, -0.05) is 20.8 Å². The van der Waals surface area contributed by atoms with Crippen molar-refractivity contribution in [1.29, 1.82) is 0 Å². The molecule has 2 nitrogen and oxygen atoms in total. The van der Waals surface area contributed by atoms with Crippen molar-refractivity contribution in [1.82, 2.24) is 5.32 Å². The Morgan fingerprint density at radius 1 is 1.31 bits per heavy atom. The van der Waals surface area contributed by atoms with Gasteiger partial charge in [-0.2, -0.15) is 0 Å². The predicted molar refractivity (Wildman–Crippen MR) is 60.5 cm³/mol. The first-order valence-electron chi connectivity index (χ1n) is 5.14. The highest BCUT2D eigenvalue weighted by molar-refractivity contribution is 7.84. The summed E-state index contributed by atoms with van der Waals surface area (Å²) >= 11 is 0. The standard InChI is InChI=1S/C10H23NOS/c1-5-11-10(4)6-7-13(12)8-9(2)3/h9-11H,5-8H2,1-4H3. The number of nitrogens with one attached hydrogen (secondary N) is 1. The second-order valence-corrected chi connectivity index (χ2v) is 5.57. The van der Waals surface area contributed by atoms with Gasteiger partial charge in [0.05, 0.1) is 0 Å². The molecule has 0 aromatic heterocycles. The van der Waals surface area contributed by atoms with Crippen LogP contribution in [0.25, 0.3) is 0 Å². The maximum absolute atomic E-state index is 11.4. The number of rotatable bonds is 7. The van der Waals surface area contributed by atoms with Gasteiger partial charge in [-0.3, -0.25) is 4.21 Å². The fourth-order valence-electron chi connectivity index (χ4n) is 1.21. The fraction of sp³-hybridized carbons (Fsp3) is 1.00. The number of hydrogen-bond acceptors (Lipinski definition) is 2. The fourth-order valence-corrected chi connectivity index (χ4v) is 2.74. The zero-order valence-electron chi connectivity index (χ0n) is 9.30. The Morgan fingerprint density at radius 3 is 2.38 bits per heavy atom. The maximum atomic E-state index is 11.4. The lowest BCUT2D eigenvalue weighted by atomic mass is 10.2. The van der Waals surface area contributed by atoms with Crippen LogP contribution in [-0.4, -0.2) is 28.3 Å². The zero-order valence-corrected chi connectivity index (χ0v) is 10.1. The topological polar surface area (TPSA) is 29.1 Å². The van der Waals surface area contributed by atoms with E-state index in [9.17, 15) is 4.21 Å². The molecule has 0 rings (SSSR count). The van der Waals surface area contributed by atoms with E-state index in [2.05, 4.69) is 33.0 Å². The maximum Gasteiger partial charge on any atom is 0.0257 e. The minimum atomic E-state index is -0.614. The van der Waals surface area contributed by atoms with E-state index in [1.165, 1.54) is 0 Å². The molecule has 3 heteroatoms. The van der Waals surface area contributed by atoms with Crippen molar-refractivity contribution < 1.29 is 4.21 Å². The van der Waals surface area contributed by atoms with E-state index in [-0.39, 0.29) is 0 Å². The summed E-state index contributed by atoms with van der Waals surface area (Å²) in [5, 5.41) is 3.32. The van der Waals surface area contributed by atoms with Gasteiger partial charge in [-0.15, -0.1) is 0 Å². The lowest BCUT2D eigenvalue weighted by Crippen LogP contribution is -2.27. The van der Waals surface area contributed by atoms with Crippen molar-refractivity contribution in [2.75, 3.05) is 18.1 Å². The van der Waals surface area contributed by atoms with Crippen LogP contribution in [0.1, 0.15) is 34.1 Å². The van der Waals surface area contributed by atoms with E-state index >= 15 is 0 Å². The Hall–Kier alpha value is 0.110. The lowest BCUT2D eigenvalue weighted by Gasteiger charge is -2.12. The summed E-state index contributed by atoms with van der Waals surface area (Å²) < 4.78 is 11.4. The van der Waals surface area contributed by atoms with E-state index in [4.69, 9.17) is 0 Å². The first kappa shape index (κ1) is 13.1. The molecular weight excluding hydrogens is 182 g/mol. The Labute approximate surface area is 84.9 Å². The molecule has 0 radical (unpaired) electrons. The average Bonchev–Trinajstić information content (AvgIpc) is 2.00. The highest BCUT2D eigenvalue weighted by Gasteiger charge is 2.05. The summed E-state index contributed by atoms with van der Waals surface area (Å²) in [6.45, 7) is 9.48. The molecule has 0 aromatic rings. The Bertz CT molecular complexity index is 148. The van der Waals surface area contributed by atoms with Crippen LogP contribution >= 0.6 is 0 Å². The summed E-state index contributed by atoms with van der Waals surface area (Å²) in [4.78, 5) is 0. The van der Waals surface area contributed by atoms with Crippen molar-refractivity contribution in [3.05, 3.63) is 0 Å². The third-order valence-corrected chi connectivity index (χ3v) is 3.58. The molecule has 0 bridgehead atoms. The van der Waals surface area contributed by atoms with Crippen LogP contribution in [0.15, 0.2) is 0 Å². The molecular formula is C10H23NOS. The molecule has 0 fully saturated rings. The van der Waals surface area contributed by atoms with Crippen LogP contribution in [0.4, 0.5) is 0 Å². The normalized spacial score (nSPS) is 16.1. The van der Waals surface area contributed by atoms with Gasteiger partial charge in [-0.05, 0) is 25.8 Å². The van der Waals surface area contributed by atoms with Crippen molar-refractivity contribution in [3.8, 4) is 0 Å². The lowest BCUT2D eigenvalue weighted by molar-refractivity contribution is 0.552. The Kier molecular flexibility index (Phi) is 7.57. The molecule has 0 saturated carbocycles. The van der Waals surface area contributed by atoms with Gasteiger partial charge < -0.3 is 5.32 Å². The molecule has 2 atom stereocenters. The smallest absolute Gasteiger partial charge is 0.0257 e. The van der Waals surface area contributed by atoms with Crippen LogP contribution in [0.3, 0.4) is 0 Å². The van der Waals surface area contributed by atoms with E-state index in [0.717, 1.165) is 24.5 Å². The van der Waals surface area contributed by atoms with E-state index < -0.39 is 10.8 Å². The minimum absolute atomic E-state index is 0.501. The molecule has 0 aliphatic rings. The van der Waals surface area contributed by atoms with Crippen LogP contribution in [0.5, 0.6) is 0 Å². The molecule has 0 aliphatic heterocycles. The van der Waals surface area contributed by atoms with Gasteiger partial charge in [0.25, 0.3) is 0 Å². The summed E-state index contributed by atoms with van der Waals surface area (Å²) in [5.74, 6) is 2.24. The molecule has 0 spiro atoms. The molecule has 0 heterocycles. The largest absolute Gasteiger partial charge is 0.315 e. The molecule has 0 amide bonds. The highest BCUT2D eigenvalue weighted by atomic mass is 32.2. The average molecular weight is 205 g/mol. The second-order valence-electron chi connectivity index (χ2n) is 3.95. The molecule has 0 aromatic carbocycles. The van der Waals surface area contributed by atoms with Crippen molar-refractivity contribution in [2.45, 2.75) is 40.2 Å². The number of hydrogen-bond donors (Lipinski definition) is 1. The Balaban J connectivity index is 3.46. The van der Waals surface area contributed by atoms with E-state index in [1.54, 1.807) is 0 Å². The van der Waals surface area contributed by atoms with Gasteiger partial charge in [0.1, 0.15) is 0 Å². The SMILES string of the molecule is CCNC(C)CCS(=O)CC(C)C.